The van der Waals surface area contributed by atoms with Crippen LogP contribution in [-0.4, -0.2) is 46.6 Å². The molecular formula is C16H22N4O. The van der Waals surface area contributed by atoms with E-state index in [-0.39, 0.29) is 5.91 Å². The largest absolute Gasteiger partial charge is 0.339 e. The van der Waals surface area contributed by atoms with Gasteiger partial charge in [0, 0.05) is 25.3 Å². The number of aromatic nitrogens is 2. The standard InChI is InChI=1S/C16H22N4O/c1-17-12-6-8-13(9-7-12)19(2)16(21)14-11-18-20-10-4-3-5-15(14)20/h3-5,10-13,17H,6-9H2,1-2H3. The van der Waals surface area contributed by atoms with E-state index in [4.69, 9.17) is 0 Å². The number of carbonyl (C=O) groups excluding carboxylic acids is 1. The highest BCUT2D eigenvalue weighted by atomic mass is 16.2. The van der Waals surface area contributed by atoms with Gasteiger partial charge in [-0.2, -0.15) is 5.10 Å². The lowest BCUT2D eigenvalue weighted by molar-refractivity contribution is 0.0687. The van der Waals surface area contributed by atoms with Gasteiger partial charge in [-0.3, -0.25) is 4.79 Å². The predicted octanol–water partition coefficient (Wildman–Crippen LogP) is 1.94. The highest BCUT2D eigenvalue weighted by Crippen LogP contribution is 2.24. The summed E-state index contributed by atoms with van der Waals surface area (Å²) < 4.78 is 1.75. The lowest BCUT2D eigenvalue weighted by Gasteiger charge is -2.34. The Bertz CT molecular complexity index is 628. The molecule has 0 atom stereocenters. The molecule has 5 nitrogen and oxygen atoms in total. The van der Waals surface area contributed by atoms with Crippen LogP contribution in [0.1, 0.15) is 36.0 Å². The van der Waals surface area contributed by atoms with E-state index in [1.165, 1.54) is 0 Å². The zero-order valence-corrected chi connectivity index (χ0v) is 12.6. The van der Waals surface area contributed by atoms with Gasteiger partial charge in [-0.25, -0.2) is 4.52 Å². The minimum Gasteiger partial charge on any atom is -0.339 e. The van der Waals surface area contributed by atoms with Gasteiger partial charge in [-0.15, -0.1) is 0 Å². The average molecular weight is 286 g/mol. The minimum absolute atomic E-state index is 0.0732. The fourth-order valence-electron chi connectivity index (χ4n) is 3.21. The number of amides is 1. The van der Waals surface area contributed by atoms with Crippen molar-refractivity contribution in [3.05, 3.63) is 36.2 Å². The Kier molecular flexibility index (Phi) is 3.92. The quantitative estimate of drug-likeness (QED) is 0.938. The summed E-state index contributed by atoms with van der Waals surface area (Å²) in [4.78, 5) is 14.6. The number of nitrogens with zero attached hydrogens (tertiary/aromatic N) is 3. The van der Waals surface area contributed by atoms with Crippen LogP contribution in [0, 0.1) is 0 Å². The van der Waals surface area contributed by atoms with E-state index < -0.39 is 0 Å². The summed E-state index contributed by atoms with van der Waals surface area (Å²) in [6, 6.07) is 6.72. The zero-order chi connectivity index (χ0) is 14.8. The lowest BCUT2D eigenvalue weighted by atomic mass is 9.90. The first kappa shape index (κ1) is 14.1. The Hall–Kier alpha value is -1.88. The van der Waals surface area contributed by atoms with Gasteiger partial charge in [0.25, 0.3) is 5.91 Å². The summed E-state index contributed by atoms with van der Waals surface area (Å²) in [5.41, 5.74) is 1.56. The van der Waals surface area contributed by atoms with Gasteiger partial charge in [-0.05, 0) is 44.9 Å². The topological polar surface area (TPSA) is 49.6 Å². The number of pyridine rings is 1. The molecule has 0 saturated heterocycles. The highest BCUT2D eigenvalue weighted by molar-refractivity contribution is 6.00. The van der Waals surface area contributed by atoms with E-state index in [0.717, 1.165) is 31.2 Å². The van der Waals surface area contributed by atoms with Crippen molar-refractivity contribution in [3.63, 3.8) is 0 Å². The molecule has 5 heteroatoms. The van der Waals surface area contributed by atoms with Crippen molar-refractivity contribution in [2.45, 2.75) is 37.8 Å². The maximum absolute atomic E-state index is 12.7. The summed E-state index contributed by atoms with van der Waals surface area (Å²) in [5, 5.41) is 7.58. The van der Waals surface area contributed by atoms with E-state index in [1.807, 2.05) is 43.4 Å². The van der Waals surface area contributed by atoms with Crippen LogP contribution < -0.4 is 5.32 Å². The number of nitrogens with one attached hydrogen (secondary N) is 1. The van der Waals surface area contributed by atoms with Crippen molar-refractivity contribution in [3.8, 4) is 0 Å². The smallest absolute Gasteiger partial charge is 0.257 e. The normalized spacial score (nSPS) is 22.4. The third-order valence-corrected chi connectivity index (χ3v) is 4.63. The number of rotatable bonds is 3. The first-order chi connectivity index (χ1) is 10.2. The van der Waals surface area contributed by atoms with Crippen LogP contribution in [0.5, 0.6) is 0 Å². The third kappa shape index (κ3) is 2.65. The molecule has 1 N–H and O–H groups in total. The Morgan fingerprint density at radius 3 is 2.81 bits per heavy atom. The molecule has 3 rings (SSSR count). The second-order valence-corrected chi connectivity index (χ2v) is 5.80. The van der Waals surface area contributed by atoms with E-state index in [1.54, 1.807) is 10.7 Å². The minimum atomic E-state index is 0.0732. The molecule has 2 aromatic rings. The van der Waals surface area contributed by atoms with Crippen LogP contribution in [-0.2, 0) is 0 Å². The molecule has 1 amide bonds. The van der Waals surface area contributed by atoms with Crippen LogP contribution in [0.25, 0.3) is 5.52 Å². The SMILES string of the molecule is CNC1CCC(N(C)C(=O)c2cnn3ccccc23)CC1. The second-order valence-electron chi connectivity index (χ2n) is 5.80. The van der Waals surface area contributed by atoms with Crippen LogP contribution >= 0.6 is 0 Å². The molecule has 0 aromatic carbocycles. The number of hydrogen-bond acceptors (Lipinski definition) is 3. The number of hydrogen-bond donors (Lipinski definition) is 1. The van der Waals surface area contributed by atoms with E-state index in [0.29, 0.717) is 17.6 Å². The monoisotopic (exact) mass is 286 g/mol. The Balaban J connectivity index is 1.76. The van der Waals surface area contributed by atoms with Crippen molar-refractivity contribution in [2.24, 2.45) is 0 Å². The molecule has 0 aliphatic heterocycles. The van der Waals surface area contributed by atoms with Crippen molar-refractivity contribution in [1.82, 2.24) is 19.8 Å². The van der Waals surface area contributed by atoms with E-state index >= 15 is 0 Å². The fraction of sp³-hybridized carbons (Fsp3) is 0.500. The van der Waals surface area contributed by atoms with Crippen molar-refractivity contribution in [1.29, 1.82) is 0 Å². The number of fused-ring (bicyclic) bond motifs is 1. The van der Waals surface area contributed by atoms with Gasteiger partial charge in [0.05, 0.1) is 17.3 Å². The Morgan fingerprint density at radius 2 is 2.10 bits per heavy atom. The molecule has 1 aliphatic carbocycles. The Morgan fingerprint density at radius 1 is 1.33 bits per heavy atom. The van der Waals surface area contributed by atoms with Crippen LogP contribution in [0.4, 0.5) is 0 Å². The average Bonchev–Trinajstić information content (AvgIpc) is 2.97. The molecule has 2 aromatic heterocycles. The highest BCUT2D eigenvalue weighted by Gasteiger charge is 2.27. The van der Waals surface area contributed by atoms with Crippen molar-refractivity contribution < 1.29 is 4.79 Å². The summed E-state index contributed by atoms with van der Waals surface area (Å²) >= 11 is 0. The number of carbonyl (C=O) groups is 1. The first-order valence-electron chi connectivity index (χ1n) is 7.57. The third-order valence-electron chi connectivity index (χ3n) is 4.63. The molecular weight excluding hydrogens is 264 g/mol. The molecule has 1 saturated carbocycles. The van der Waals surface area contributed by atoms with Gasteiger partial charge in [-0.1, -0.05) is 6.07 Å². The molecule has 0 bridgehead atoms. The zero-order valence-electron chi connectivity index (χ0n) is 12.6. The molecule has 0 spiro atoms. The van der Waals surface area contributed by atoms with E-state index in [2.05, 4.69) is 10.4 Å². The molecule has 0 unspecified atom stereocenters. The Labute approximate surface area is 124 Å². The first-order valence-corrected chi connectivity index (χ1v) is 7.57. The summed E-state index contributed by atoms with van der Waals surface area (Å²) in [5.74, 6) is 0.0732. The van der Waals surface area contributed by atoms with Crippen molar-refractivity contribution in [2.75, 3.05) is 14.1 Å². The molecule has 112 valence electrons. The molecule has 21 heavy (non-hydrogen) atoms. The van der Waals surface area contributed by atoms with Gasteiger partial charge in [0.15, 0.2) is 0 Å². The summed E-state index contributed by atoms with van der Waals surface area (Å²) in [7, 11) is 3.93. The maximum Gasteiger partial charge on any atom is 0.257 e. The van der Waals surface area contributed by atoms with Crippen LogP contribution in [0.2, 0.25) is 0 Å². The van der Waals surface area contributed by atoms with E-state index in [9.17, 15) is 4.79 Å². The molecule has 1 fully saturated rings. The predicted molar refractivity (Wildman–Crippen MR) is 82.4 cm³/mol. The summed E-state index contributed by atoms with van der Waals surface area (Å²) in [6.45, 7) is 0. The van der Waals surface area contributed by atoms with Crippen LogP contribution in [0.3, 0.4) is 0 Å². The summed E-state index contributed by atoms with van der Waals surface area (Å²) in [6.07, 6.45) is 7.93. The lowest BCUT2D eigenvalue weighted by Crippen LogP contribution is -2.42. The van der Waals surface area contributed by atoms with Gasteiger partial charge in [0.1, 0.15) is 0 Å². The second kappa shape index (κ2) is 5.85. The molecule has 0 radical (unpaired) electrons. The molecule has 2 heterocycles. The fourth-order valence-corrected chi connectivity index (χ4v) is 3.21. The van der Waals surface area contributed by atoms with Crippen molar-refractivity contribution >= 4 is 11.4 Å². The van der Waals surface area contributed by atoms with Gasteiger partial charge >= 0.3 is 0 Å². The van der Waals surface area contributed by atoms with Gasteiger partial charge < -0.3 is 10.2 Å². The molecule has 1 aliphatic rings. The maximum atomic E-state index is 12.7. The van der Waals surface area contributed by atoms with Gasteiger partial charge in [0.2, 0.25) is 0 Å². The van der Waals surface area contributed by atoms with Crippen LogP contribution in [0.15, 0.2) is 30.6 Å².